The second kappa shape index (κ2) is 5.39. The SMILES string of the molecule is CCC1CCC(N(C)c2ccncc2N)CC1. The molecule has 0 aromatic carbocycles. The normalized spacial score (nSPS) is 24.6. The molecule has 0 radical (unpaired) electrons. The van der Waals surface area contributed by atoms with Crippen LogP contribution in [-0.2, 0) is 0 Å². The molecule has 3 nitrogen and oxygen atoms in total. The summed E-state index contributed by atoms with van der Waals surface area (Å²) in [6.45, 7) is 2.30. The van der Waals surface area contributed by atoms with Crippen LogP contribution in [0.2, 0.25) is 0 Å². The van der Waals surface area contributed by atoms with Crippen LogP contribution in [0.15, 0.2) is 18.5 Å². The quantitative estimate of drug-likeness (QED) is 0.872. The molecule has 3 heteroatoms. The third-order valence-electron chi connectivity index (χ3n) is 4.15. The zero-order chi connectivity index (χ0) is 12.3. The average molecular weight is 233 g/mol. The Kier molecular flexibility index (Phi) is 3.87. The molecule has 0 aliphatic heterocycles. The molecule has 2 N–H and O–H groups in total. The Bertz CT molecular complexity index is 356. The van der Waals surface area contributed by atoms with Gasteiger partial charge in [0.1, 0.15) is 0 Å². The zero-order valence-electron chi connectivity index (χ0n) is 10.9. The molecule has 0 amide bonds. The van der Waals surface area contributed by atoms with E-state index < -0.39 is 0 Å². The lowest BCUT2D eigenvalue weighted by Crippen LogP contribution is -2.35. The van der Waals surface area contributed by atoms with E-state index in [1.165, 1.54) is 32.1 Å². The van der Waals surface area contributed by atoms with E-state index in [2.05, 4.69) is 23.9 Å². The number of aromatic nitrogens is 1. The molecule has 1 aliphatic rings. The number of anilines is 2. The number of rotatable bonds is 3. The highest BCUT2D eigenvalue weighted by atomic mass is 15.1. The molecule has 0 bridgehead atoms. The van der Waals surface area contributed by atoms with Gasteiger partial charge in [0.05, 0.1) is 17.6 Å². The molecular formula is C14H23N3. The highest BCUT2D eigenvalue weighted by Gasteiger charge is 2.23. The van der Waals surface area contributed by atoms with Gasteiger partial charge in [-0.1, -0.05) is 13.3 Å². The third kappa shape index (κ3) is 2.71. The summed E-state index contributed by atoms with van der Waals surface area (Å²) < 4.78 is 0. The number of hydrogen-bond acceptors (Lipinski definition) is 3. The van der Waals surface area contributed by atoms with Crippen LogP contribution >= 0.6 is 0 Å². The second-order valence-electron chi connectivity index (χ2n) is 5.13. The van der Waals surface area contributed by atoms with Gasteiger partial charge >= 0.3 is 0 Å². The van der Waals surface area contributed by atoms with Gasteiger partial charge in [0, 0.05) is 19.3 Å². The number of nitrogens with zero attached hydrogens (tertiary/aromatic N) is 2. The van der Waals surface area contributed by atoms with E-state index in [9.17, 15) is 0 Å². The first-order valence-electron chi connectivity index (χ1n) is 6.64. The maximum absolute atomic E-state index is 5.98. The Morgan fingerprint density at radius 2 is 2.06 bits per heavy atom. The number of nitrogens with two attached hydrogens (primary N) is 1. The predicted octanol–water partition coefficient (Wildman–Crippen LogP) is 3.07. The minimum absolute atomic E-state index is 0.641. The highest BCUT2D eigenvalue weighted by Crippen LogP contribution is 2.32. The topological polar surface area (TPSA) is 42.2 Å². The highest BCUT2D eigenvalue weighted by molar-refractivity contribution is 5.66. The van der Waals surface area contributed by atoms with Crippen molar-refractivity contribution >= 4 is 11.4 Å². The molecular weight excluding hydrogens is 210 g/mol. The molecule has 94 valence electrons. The molecule has 1 aromatic rings. The van der Waals surface area contributed by atoms with Gasteiger partial charge in [0.25, 0.3) is 0 Å². The van der Waals surface area contributed by atoms with Gasteiger partial charge in [-0.15, -0.1) is 0 Å². The lowest BCUT2D eigenvalue weighted by atomic mass is 9.84. The molecule has 0 atom stereocenters. The summed E-state index contributed by atoms with van der Waals surface area (Å²) in [5, 5.41) is 0. The van der Waals surface area contributed by atoms with Crippen molar-refractivity contribution in [1.82, 2.24) is 4.98 Å². The Morgan fingerprint density at radius 3 is 2.65 bits per heavy atom. The third-order valence-corrected chi connectivity index (χ3v) is 4.15. The van der Waals surface area contributed by atoms with Crippen molar-refractivity contribution in [3.05, 3.63) is 18.5 Å². The number of pyridine rings is 1. The molecule has 1 fully saturated rings. The van der Waals surface area contributed by atoms with Gasteiger partial charge in [0.2, 0.25) is 0 Å². The summed E-state index contributed by atoms with van der Waals surface area (Å²) in [5.41, 5.74) is 7.89. The van der Waals surface area contributed by atoms with E-state index in [-0.39, 0.29) is 0 Å². The van der Waals surface area contributed by atoms with Crippen molar-refractivity contribution in [3.8, 4) is 0 Å². The van der Waals surface area contributed by atoms with Crippen molar-refractivity contribution in [2.24, 2.45) is 5.92 Å². The van der Waals surface area contributed by atoms with Crippen molar-refractivity contribution < 1.29 is 0 Å². The molecule has 1 saturated carbocycles. The fourth-order valence-electron chi connectivity index (χ4n) is 2.86. The summed E-state index contributed by atoms with van der Waals surface area (Å²) in [4.78, 5) is 6.38. The first kappa shape index (κ1) is 12.2. The van der Waals surface area contributed by atoms with Gasteiger partial charge in [-0.05, 0) is 37.7 Å². The smallest absolute Gasteiger partial charge is 0.0738 e. The molecule has 0 saturated heterocycles. The van der Waals surface area contributed by atoms with Crippen molar-refractivity contribution in [3.63, 3.8) is 0 Å². The fraction of sp³-hybridized carbons (Fsp3) is 0.643. The van der Waals surface area contributed by atoms with E-state index in [1.54, 1.807) is 6.20 Å². The van der Waals surface area contributed by atoms with Crippen LogP contribution in [0.5, 0.6) is 0 Å². The van der Waals surface area contributed by atoms with Gasteiger partial charge in [-0.3, -0.25) is 4.98 Å². The number of nitrogen functional groups attached to an aromatic ring is 1. The Morgan fingerprint density at radius 1 is 1.35 bits per heavy atom. The maximum Gasteiger partial charge on any atom is 0.0738 e. The summed E-state index contributed by atoms with van der Waals surface area (Å²) >= 11 is 0. The van der Waals surface area contributed by atoms with Crippen LogP contribution < -0.4 is 10.6 Å². The Hall–Kier alpha value is -1.25. The first-order chi connectivity index (χ1) is 8.22. The van der Waals surface area contributed by atoms with Crippen LogP contribution in [0, 0.1) is 5.92 Å². The summed E-state index contributed by atoms with van der Waals surface area (Å²) in [7, 11) is 2.16. The summed E-state index contributed by atoms with van der Waals surface area (Å²) in [5.74, 6) is 0.939. The standard InChI is InChI=1S/C14H23N3/c1-3-11-4-6-12(7-5-11)17(2)14-8-9-16-10-13(14)15/h8-12H,3-7,15H2,1-2H3. The molecule has 1 heterocycles. The Balaban J connectivity index is 2.02. The van der Waals surface area contributed by atoms with Crippen molar-refractivity contribution in [2.75, 3.05) is 17.7 Å². The minimum atomic E-state index is 0.641. The largest absolute Gasteiger partial charge is 0.396 e. The maximum atomic E-state index is 5.98. The van der Waals surface area contributed by atoms with E-state index in [1.807, 2.05) is 12.3 Å². The van der Waals surface area contributed by atoms with Crippen molar-refractivity contribution in [2.45, 2.75) is 45.1 Å². The lowest BCUT2D eigenvalue weighted by molar-refractivity contribution is 0.313. The summed E-state index contributed by atoms with van der Waals surface area (Å²) in [6, 6.07) is 2.66. The van der Waals surface area contributed by atoms with Crippen LogP contribution in [0.3, 0.4) is 0 Å². The molecule has 17 heavy (non-hydrogen) atoms. The van der Waals surface area contributed by atoms with Gasteiger partial charge in [-0.25, -0.2) is 0 Å². The summed E-state index contributed by atoms with van der Waals surface area (Å²) in [6.07, 6.45) is 10.2. The van der Waals surface area contributed by atoms with E-state index >= 15 is 0 Å². The van der Waals surface area contributed by atoms with Crippen LogP contribution in [0.1, 0.15) is 39.0 Å². The lowest BCUT2D eigenvalue weighted by Gasteiger charge is -2.36. The zero-order valence-corrected chi connectivity index (χ0v) is 10.9. The van der Waals surface area contributed by atoms with E-state index in [4.69, 9.17) is 5.73 Å². The monoisotopic (exact) mass is 233 g/mol. The molecule has 2 rings (SSSR count). The average Bonchev–Trinajstić information content (AvgIpc) is 2.39. The van der Waals surface area contributed by atoms with Gasteiger partial charge in [0.15, 0.2) is 0 Å². The molecule has 1 aromatic heterocycles. The first-order valence-corrected chi connectivity index (χ1v) is 6.64. The van der Waals surface area contributed by atoms with E-state index in [0.29, 0.717) is 6.04 Å². The number of hydrogen-bond donors (Lipinski definition) is 1. The molecule has 0 unspecified atom stereocenters. The molecule has 1 aliphatic carbocycles. The van der Waals surface area contributed by atoms with Gasteiger partial charge in [-0.2, -0.15) is 0 Å². The second-order valence-corrected chi connectivity index (χ2v) is 5.13. The predicted molar refractivity (Wildman–Crippen MR) is 73.1 cm³/mol. The van der Waals surface area contributed by atoms with Crippen LogP contribution in [0.25, 0.3) is 0 Å². The fourth-order valence-corrected chi connectivity index (χ4v) is 2.86. The Labute approximate surface area is 104 Å². The van der Waals surface area contributed by atoms with Gasteiger partial charge < -0.3 is 10.6 Å². The van der Waals surface area contributed by atoms with Crippen LogP contribution in [-0.4, -0.2) is 18.1 Å². The van der Waals surface area contributed by atoms with Crippen LogP contribution in [0.4, 0.5) is 11.4 Å². The minimum Gasteiger partial charge on any atom is -0.396 e. The molecule has 0 spiro atoms. The van der Waals surface area contributed by atoms with Crippen molar-refractivity contribution in [1.29, 1.82) is 0 Å². The van der Waals surface area contributed by atoms with E-state index in [0.717, 1.165) is 17.3 Å².